The summed E-state index contributed by atoms with van der Waals surface area (Å²) in [5, 5.41) is 6.16. The van der Waals surface area contributed by atoms with Gasteiger partial charge in [0.2, 0.25) is 0 Å². The van der Waals surface area contributed by atoms with Crippen molar-refractivity contribution in [1.29, 1.82) is 0 Å². The first kappa shape index (κ1) is 17.4. The molecule has 3 heteroatoms. The molecular formula is C29H20N2O. The van der Waals surface area contributed by atoms with Crippen molar-refractivity contribution < 1.29 is 4.42 Å². The Hall–Kier alpha value is -4.24. The van der Waals surface area contributed by atoms with Crippen LogP contribution in [0.4, 0.5) is 0 Å². The quantitative estimate of drug-likeness (QED) is 0.290. The molecule has 0 aliphatic carbocycles. The van der Waals surface area contributed by atoms with Gasteiger partial charge >= 0.3 is 0 Å². The highest BCUT2D eigenvalue weighted by atomic mass is 16.3. The van der Waals surface area contributed by atoms with Crippen LogP contribution in [0, 0.1) is 0 Å². The van der Waals surface area contributed by atoms with Crippen LogP contribution in [0.5, 0.6) is 0 Å². The Morgan fingerprint density at radius 1 is 0.656 bits per heavy atom. The SMILES string of the molecule is C=Cn1c2ccccc2c2cc3c4ccccc4n(Cc4cc5ccccc5o4)c3cc21. The van der Waals surface area contributed by atoms with E-state index in [-0.39, 0.29) is 0 Å². The second-order valence-electron chi connectivity index (χ2n) is 8.31. The van der Waals surface area contributed by atoms with Crippen LogP contribution in [0.1, 0.15) is 5.76 Å². The zero-order valence-corrected chi connectivity index (χ0v) is 17.5. The number of para-hydroxylation sites is 3. The van der Waals surface area contributed by atoms with Crippen LogP contribution in [0.25, 0.3) is 60.8 Å². The van der Waals surface area contributed by atoms with Gasteiger partial charge in [-0.05, 0) is 36.4 Å². The van der Waals surface area contributed by atoms with E-state index < -0.39 is 0 Å². The van der Waals surface area contributed by atoms with Crippen LogP contribution in [0.15, 0.2) is 102 Å². The van der Waals surface area contributed by atoms with Crippen LogP contribution in [-0.4, -0.2) is 9.13 Å². The van der Waals surface area contributed by atoms with Gasteiger partial charge in [0.05, 0.1) is 23.1 Å². The topological polar surface area (TPSA) is 23.0 Å². The average molecular weight is 412 g/mol. The molecule has 4 aromatic carbocycles. The fourth-order valence-electron chi connectivity index (χ4n) is 5.18. The first-order valence-electron chi connectivity index (χ1n) is 10.9. The highest BCUT2D eigenvalue weighted by Gasteiger charge is 2.17. The van der Waals surface area contributed by atoms with Gasteiger partial charge in [-0.3, -0.25) is 0 Å². The minimum atomic E-state index is 0.679. The van der Waals surface area contributed by atoms with Gasteiger partial charge in [0.1, 0.15) is 11.3 Å². The van der Waals surface area contributed by atoms with E-state index >= 15 is 0 Å². The first-order chi connectivity index (χ1) is 15.8. The maximum Gasteiger partial charge on any atom is 0.134 e. The third kappa shape index (κ3) is 2.31. The number of rotatable bonds is 3. The molecule has 0 fully saturated rings. The van der Waals surface area contributed by atoms with Crippen LogP contribution < -0.4 is 0 Å². The molecule has 3 aromatic heterocycles. The van der Waals surface area contributed by atoms with E-state index in [0.717, 1.165) is 16.7 Å². The fraction of sp³-hybridized carbons (Fsp3) is 0.0345. The summed E-state index contributed by atoms with van der Waals surface area (Å²) in [6.45, 7) is 4.76. The number of nitrogens with zero attached hydrogens (tertiary/aromatic N) is 2. The lowest BCUT2D eigenvalue weighted by Crippen LogP contribution is -1.98. The Morgan fingerprint density at radius 2 is 1.34 bits per heavy atom. The van der Waals surface area contributed by atoms with E-state index in [1.807, 2.05) is 24.4 Å². The molecule has 0 saturated carbocycles. The van der Waals surface area contributed by atoms with Gasteiger partial charge in [0, 0.05) is 38.6 Å². The van der Waals surface area contributed by atoms with Crippen molar-refractivity contribution in [2.24, 2.45) is 0 Å². The van der Waals surface area contributed by atoms with E-state index in [1.54, 1.807) is 0 Å². The van der Waals surface area contributed by atoms with Gasteiger partial charge in [0.15, 0.2) is 0 Å². The molecule has 7 aromatic rings. The smallest absolute Gasteiger partial charge is 0.134 e. The summed E-state index contributed by atoms with van der Waals surface area (Å²) in [5.41, 5.74) is 5.69. The lowest BCUT2D eigenvalue weighted by atomic mass is 10.1. The van der Waals surface area contributed by atoms with Crippen LogP contribution >= 0.6 is 0 Å². The molecular weight excluding hydrogens is 392 g/mol. The van der Waals surface area contributed by atoms with E-state index in [9.17, 15) is 0 Å². The van der Waals surface area contributed by atoms with E-state index in [4.69, 9.17) is 4.42 Å². The monoisotopic (exact) mass is 412 g/mol. The largest absolute Gasteiger partial charge is 0.459 e. The zero-order chi connectivity index (χ0) is 21.2. The van der Waals surface area contributed by atoms with Gasteiger partial charge in [-0.25, -0.2) is 0 Å². The molecule has 32 heavy (non-hydrogen) atoms. The third-order valence-corrected chi connectivity index (χ3v) is 6.58. The molecule has 0 aliphatic heterocycles. The Bertz CT molecular complexity index is 1790. The van der Waals surface area contributed by atoms with Crippen molar-refractivity contribution >= 4 is 60.8 Å². The highest BCUT2D eigenvalue weighted by Crippen LogP contribution is 2.37. The van der Waals surface area contributed by atoms with Crippen molar-refractivity contribution in [3.8, 4) is 0 Å². The number of aromatic nitrogens is 2. The second kappa shape index (κ2) is 6.38. The molecule has 0 bridgehead atoms. The molecule has 152 valence electrons. The van der Waals surface area contributed by atoms with Gasteiger partial charge in [-0.1, -0.05) is 61.2 Å². The van der Waals surface area contributed by atoms with Crippen molar-refractivity contribution in [3.63, 3.8) is 0 Å². The maximum absolute atomic E-state index is 6.18. The molecule has 0 radical (unpaired) electrons. The number of benzene rings is 4. The molecule has 0 saturated heterocycles. The molecule has 0 N–H and O–H groups in total. The molecule has 0 spiro atoms. The van der Waals surface area contributed by atoms with Crippen molar-refractivity contribution in [2.45, 2.75) is 6.54 Å². The molecule has 0 amide bonds. The van der Waals surface area contributed by atoms with Gasteiger partial charge in [-0.2, -0.15) is 0 Å². The lowest BCUT2D eigenvalue weighted by molar-refractivity contribution is 0.536. The normalized spacial score (nSPS) is 12.0. The van der Waals surface area contributed by atoms with E-state index in [0.29, 0.717) is 6.54 Å². The zero-order valence-electron chi connectivity index (χ0n) is 17.5. The second-order valence-corrected chi connectivity index (χ2v) is 8.31. The predicted molar refractivity (Wildman–Crippen MR) is 134 cm³/mol. The summed E-state index contributed by atoms with van der Waals surface area (Å²) in [4.78, 5) is 0. The van der Waals surface area contributed by atoms with Crippen molar-refractivity contribution in [3.05, 3.63) is 103 Å². The summed E-state index contributed by atoms with van der Waals surface area (Å²) in [7, 11) is 0. The average Bonchev–Trinajstić information content (AvgIpc) is 3.48. The van der Waals surface area contributed by atoms with E-state index in [2.05, 4.69) is 88.5 Å². The lowest BCUT2D eigenvalue weighted by Gasteiger charge is -2.06. The predicted octanol–water partition coefficient (Wildman–Crippen LogP) is 7.80. The number of hydrogen-bond acceptors (Lipinski definition) is 1. The molecule has 3 heterocycles. The Kier molecular flexibility index (Phi) is 3.48. The Labute approximate surface area is 184 Å². The van der Waals surface area contributed by atoms with Gasteiger partial charge in [-0.15, -0.1) is 0 Å². The minimum absolute atomic E-state index is 0.679. The first-order valence-corrected chi connectivity index (χ1v) is 10.9. The standard InChI is InChI=1S/C29H20N2O/c1-2-30-25-12-6-4-10-21(25)23-16-24-22-11-5-7-13-26(22)31(28(24)17-27(23)30)18-20-15-19-9-3-8-14-29(19)32-20/h2-17H,1,18H2. The van der Waals surface area contributed by atoms with Crippen LogP contribution in [0.2, 0.25) is 0 Å². The summed E-state index contributed by atoms with van der Waals surface area (Å²) in [5.74, 6) is 0.957. The third-order valence-electron chi connectivity index (χ3n) is 6.58. The minimum Gasteiger partial charge on any atom is -0.459 e. The van der Waals surface area contributed by atoms with E-state index in [1.165, 1.54) is 43.6 Å². The van der Waals surface area contributed by atoms with Crippen LogP contribution in [-0.2, 0) is 6.54 Å². The molecule has 7 rings (SSSR count). The summed E-state index contributed by atoms with van der Waals surface area (Å²) >= 11 is 0. The summed E-state index contributed by atoms with van der Waals surface area (Å²) in [6.07, 6.45) is 1.91. The summed E-state index contributed by atoms with van der Waals surface area (Å²) in [6, 6.07) is 32.1. The van der Waals surface area contributed by atoms with Gasteiger partial charge in [0.25, 0.3) is 0 Å². The fourth-order valence-corrected chi connectivity index (χ4v) is 5.18. The highest BCUT2D eigenvalue weighted by molar-refractivity contribution is 6.18. The summed E-state index contributed by atoms with van der Waals surface area (Å²) < 4.78 is 10.7. The number of fused-ring (bicyclic) bond motifs is 7. The molecule has 3 nitrogen and oxygen atoms in total. The Balaban J connectivity index is 1.57. The number of furan rings is 1. The Morgan fingerprint density at radius 3 is 2.16 bits per heavy atom. The molecule has 0 aliphatic rings. The molecule has 0 atom stereocenters. The van der Waals surface area contributed by atoms with Crippen molar-refractivity contribution in [1.82, 2.24) is 9.13 Å². The van der Waals surface area contributed by atoms with Crippen LogP contribution in [0.3, 0.4) is 0 Å². The number of hydrogen-bond donors (Lipinski definition) is 0. The van der Waals surface area contributed by atoms with Crippen molar-refractivity contribution in [2.75, 3.05) is 0 Å². The molecule has 0 unspecified atom stereocenters. The maximum atomic E-state index is 6.18. The van der Waals surface area contributed by atoms with Gasteiger partial charge < -0.3 is 13.6 Å².